The van der Waals surface area contributed by atoms with E-state index in [4.69, 9.17) is 11.6 Å². The van der Waals surface area contributed by atoms with E-state index in [1.165, 1.54) is 16.4 Å². The standard InChI is InChI=1S/C22H20ClN5O/c1-3-27-15(2)18(17-11-7-8-12-20(17)27)13-24-26-19-14-25-28(22(29)21(19)23)16-9-5-4-6-10-16/h4-14,26H,3H2,1-2H3/b24-13-. The SMILES string of the molecule is CCn1c(C)c(/C=N\Nc2cnn(-c3ccccc3)c(=O)c2Cl)c2ccccc21. The van der Waals surface area contributed by atoms with E-state index in [0.29, 0.717) is 11.4 Å². The number of nitrogens with one attached hydrogen (secondary N) is 1. The fourth-order valence-electron chi connectivity index (χ4n) is 3.46. The average Bonchev–Trinajstić information content (AvgIpc) is 3.02. The number of para-hydroxylation sites is 2. The van der Waals surface area contributed by atoms with Crippen LogP contribution in [-0.2, 0) is 6.54 Å². The molecular weight excluding hydrogens is 386 g/mol. The molecular formula is C22H20ClN5O. The van der Waals surface area contributed by atoms with Gasteiger partial charge in [0, 0.05) is 28.7 Å². The van der Waals surface area contributed by atoms with Crippen molar-refractivity contribution in [2.24, 2.45) is 5.10 Å². The molecule has 6 nitrogen and oxygen atoms in total. The van der Waals surface area contributed by atoms with Gasteiger partial charge in [0.05, 0.1) is 18.1 Å². The summed E-state index contributed by atoms with van der Waals surface area (Å²) < 4.78 is 3.50. The lowest BCUT2D eigenvalue weighted by atomic mass is 10.1. The summed E-state index contributed by atoms with van der Waals surface area (Å²) in [4.78, 5) is 12.6. The molecule has 0 atom stereocenters. The second kappa shape index (κ2) is 7.93. The summed E-state index contributed by atoms with van der Waals surface area (Å²) >= 11 is 6.27. The quantitative estimate of drug-likeness (QED) is 0.389. The first kappa shape index (κ1) is 19.0. The van der Waals surface area contributed by atoms with Gasteiger partial charge in [-0.05, 0) is 32.0 Å². The molecule has 0 aliphatic heterocycles. The largest absolute Gasteiger partial charge is 0.344 e. The predicted molar refractivity (Wildman–Crippen MR) is 118 cm³/mol. The average molecular weight is 406 g/mol. The first-order chi connectivity index (χ1) is 14.1. The second-order valence-electron chi connectivity index (χ2n) is 6.56. The Kier molecular flexibility index (Phi) is 5.18. The number of nitrogens with zero attached hydrogens (tertiary/aromatic N) is 4. The summed E-state index contributed by atoms with van der Waals surface area (Å²) in [5, 5.41) is 9.67. The molecule has 0 spiro atoms. The molecule has 146 valence electrons. The summed E-state index contributed by atoms with van der Waals surface area (Å²) in [6, 6.07) is 17.3. The lowest BCUT2D eigenvalue weighted by molar-refractivity contribution is 0.769. The Bertz CT molecular complexity index is 1260. The molecule has 0 unspecified atom stereocenters. The van der Waals surface area contributed by atoms with E-state index in [9.17, 15) is 4.79 Å². The van der Waals surface area contributed by atoms with Gasteiger partial charge < -0.3 is 4.57 Å². The Hall–Kier alpha value is -3.38. The van der Waals surface area contributed by atoms with Crippen molar-refractivity contribution in [3.63, 3.8) is 0 Å². The lowest BCUT2D eigenvalue weighted by Crippen LogP contribution is -2.22. The Morgan fingerprint density at radius 3 is 2.62 bits per heavy atom. The Balaban J connectivity index is 1.64. The minimum absolute atomic E-state index is 0.0358. The summed E-state index contributed by atoms with van der Waals surface area (Å²) in [6.07, 6.45) is 3.25. The molecule has 0 aliphatic rings. The normalized spacial score (nSPS) is 11.4. The second-order valence-corrected chi connectivity index (χ2v) is 6.93. The summed E-state index contributed by atoms with van der Waals surface area (Å²) in [7, 11) is 0. The first-order valence-electron chi connectivity index (χ1n) is 9.32. The number of aromatic nitrogens is 3. The molecule has 29 heavy (non-hydrogen) atoms. The van der Waals surface area contributed by atoms with Crippen LogP contribution < -0.4 is 11.0 Å². The van der Waals surface area contributed by atoms with Crippen LogP contribution in [0, 0.1) is 6.92 Å². The van der Waals surface area contributed by atoms with Gasteiger partial charge >= 0.3 is 0 Å². The van der Waals surface area contributed by atoms with Crippen LogP contribution in [0.1, 0.15) is 18.2 Å². The van der Waals surface area contributed by atoms with Crippen molar-refractivity contribution < 1.29 is 0 Å². The van der Waals surface area contributed by atoms with Crippen LogP contribution >= 0.6 is 11.6 Å². The van der Waals surface area contributed by atoms with Gasteiger partial charge in [-0.15, -0.1) is 0 Å². The maximum atomic E-state index is 12.6. The number of fused-ring (bicyclic) bond motifs is 1. The van der Waals surface area contributed by atoms with Crippen LogP contribution in [0.3, 0.4) is 0 Å². The Labute approximate surface area is 173 Å². The van der Waals surface area contributed by atoms with E-state index in [1.54, 1.807) is 18.3 Å². The third kappa shape index (κ3) is 3.43. The fraction of sp³-hybridized carbons (Fsp3) is 0.136. The van der Waals surface area contributed by atoms with Crippen molar-refractivity contribution in [2.75, 3.05) is 5.43 Å². The van der Waals surface area contributed by atoms with Gasteiger partial charge in [-0.2, -0.15) is 14.9 Å². The van der Waals surface area contributed by atoms with Crippen molar-refractivity contribution in [1.82, 2.24) is 14.3 Å². The summed E-state index contributed by atoms with van der Waals surface area (Å²) in [5.74, 6) is 0. The number of hydrogen-bond donors (Lipinski definition) is 1. The molecule has 0 radical (unpaired) electrons. The zero-order chi connectivity index (χ0) is 20.4. The Morgan fingerprint density at radius 1 is 1.14 bits per heavy atom. The van der Waals surface area contributed by atoms with Crippen LogP contribution in [0.2, 0.25) is 5.02 Å². The van der Waals surface area contributed by atoms with Crippen LogP contribution in [-0.4, -0.2) is 20.6 Å². The zero-order valence-electron chi connectivity index (χ0n) is 16.1. The third-order valence-electron chi connectivity index (χ3n) is 4.89. The van der Waals surface area contributed by atoms with Crippen LogP contribution in [0.4, 0.5) is 5.69 Å². The molecule has 1 N–H and O–H groups in total. The number of aryl methyl sites for hydroxylation is 1. The van der Waals surface area contributed by atoms with Crippen LogP contribution in [0.5, 0.6) is 0 Å². The molecule has 0 amide bonds. The van der Waals surface area contributed by atoms with E-state index in [1.807, 2.05) is 30.3 Å². The van der Waals surface area contributed by atoms with E-state index in [0.717, 1.165) is 23.2 Å². The highest BCUT2D eigenvalue weighted by Crippen LogP contribution is 2.24. The number of hydrogen-bond acceptors (Lipinski definition) is 4. The maximum absolute atomic E-state index is 12.6. The molecule has 7 heteroatoms. The van der Waals surface area contributed by atoms with Gasteiger partial charge in [-0.25, -0.2) is 0 Å². The number of benzene rings is 2. The first-order valence-corrected chi connectivity index (χ1v) is 9.69. The lowest BCUT2D eigenvalue weighted by Gasteiger charge is -2.07. The smallest absolute Gasteiger partial charge is 0.292 e. The van der Waals surface area contributed by atoms with Gasteiger partial charge in [0.15, 0.2) is 0 Å². The maximum Gasteiger partial charge on any atom is 0.292 e. The minimum atomic E-state index is -0.406. The summed E-state index contributed by atoms with van der Waals surface area (Å²) in [6.45, 7) is 5.06. The van der Waals surface area contributed by atoms with Gasteiger partial charge in [-0.3, -0.25) is 10.2 Å². The van der Waals surface area contributed by atoms with Gasteiger partial charge in [0.25, 0.3) is 5.56 Å². The molecule has 2 heterocycles. The van der Waals surface area contributed by atoms with Crippen molar-refractivity contribution in [1.29, 1.82) is 0 Å². The molecule has 4 aromatic rings. The number of rotatable bonds is 5. The van der Waals surface area contributed by atoms with Crippen molar-refractivity contribution in [2.45, 2.75) is 20.4 Å². The molecule has 0 saturated heterocycles. The highest BCUT2D eigenvalue weighted by molar-refractivity contribution is 6.33. The predicted octanol–water partition coefficient (Wildman–Crippen LogP) is 4.61. The zero-order valence-corrected chi connectivity index (χ0v) is 16.9. The van der Waals surface area contributed by atoms with Crippen molar-refractivity contribution >= 4 is 34.4 Å². The fourth-order valence-corrected chi connectivity index (χ4v) is 3.63. The van der Waals surface area contributed by atoms with Crippen molar-refractivity contribution in [3.05, 3.63) is 87.4 Å². The number of anilines is 1. The summed E-state index contributed by atoms with van der Waals surface area (Å²) in [5.41, 5.74) is 6.77. The molecule has 4 rings (SSSR count). The van der Waals surface area contributed by atoms with Crippen molar-refractivity contribution in [3.8, 4) is 5.69 Å². The monoisotopic (exact) mass is 405 g/mol. The van der Waals surface area contributed by atoms with Crippen LogP contribution in [0.25, 0.3) is 16.6 Å². The molecule has 2 aromatic heterocycles. The van der Waals surface area contributed by atoms with Crippen LogP contribution in [0.15, 0.2) is 70.7 Å². The van der Waals surface area contributed by atoms with Gasteiger partial charge in [-0.1, -0.05) is 48.0 Å². The number of hydrazone groups is 1. The Morgan fingerprint density at radius 2 is 1.86 bits per heavy atom. The van der Waals surface area contributed by atoms with Gasteiger partial charge in [0.1, 0.15) is 10.7 Å². The molecule has 0 fully saturated rings. The number of halogens is 1. The molecule has 0 bridgehead atoms. The minimum Gasteiger partial charge on any atom is -0.344 e. The molecule has 0 aliphatic carbocycles. The van der Waals surface area contributed by atoms with Gasteiger partial charge in [0.2, 0.25) is 0 Å². The van der Waals surface area contributed by atoms with E-state index in [-0.39, 0.29) is 5.02 Å². The molecule has 2 aromatic carbocycles. The van der Waals surface area contributed by atoms with E-state index < -0.39 is 5.56 Å². The van der Waals surface area contributed by atoms with E-state index in [2.05, 4.69) is 46.2 Å². The highest BCUT2D eigenvalue weighted by atomic mass is 35.5. The molecule has 0 saturated carbocycles. The highest BCUT2D eigenvalue weighted by Gasteiger charge is 2.12. The topological polar surface area (TPSA) is 64.2 Å². The third-order valence-corrected chi connectivity index (χ3v) is 5.26. The van der Waals surface area contributed by atoms with E-state index >= 15 is 0 Å².